The van der Waals surface area contributed by atoms with E-state index in [1.165, 1.54) is 16.1 Å². The van der Waals surface area contributed by atoms with Crippen LogP contribution in [0.3, 0.4) is 0 Å². The van der Waals surface area contributed by atoms with E-state index < -0.39 is 0 Å². The summed E-state index contributed by atoms with van der Waals surface area (Å²) in [5.74, 6) is 0.301. The highest BCUT2D eigenvalue weighted by atomic mass is 32.1. The van der Waals surface area contributed by atoms with Gasteiger partial charge in [0.1, 0.15) is 5.01 Å². The topological polar surface area (TPSA) is 36.4 Å². The molecule has 2 aromatic rings. The van der Waals surface area contributed by atoms with E-state index in [4.69, 9.17) is 4.98 Å². The van der Waals surface area contributed by atoms with Gasteiger partial charge in [-0.15, -0.1) is 11.3 Å². The molecule has 0 aliphatic carbocycles. The average Bonchev–Trinajstić information content (AvgIpc) is 3.21. The molecule has 1 aromatic heterocycles. The van der Waals surface area contributed by atoms with Crippen molar-refractivity contribution in [3.8, 4) is 0 Å². The lowest BCUT2D eigenvalue weighted by molar-refractivity contribution is -0.135. The van der Waals surface area contributed by atoms with Crippen molar-refractivity contribution in [2.75, 3.05) is 19.6 Å². The number of carbonyl (C=O) groups is 1. The number of fused-ring (bicyclic) bond motifs is 1. The smallest absolute Gasteiger partial charge is 0.237 e. The van der Waals surface area contributed by atoms with Crippen LogP contribution in [0.5, 0.6) is 0 Å². The summed E-state index contributed by atoms with van der Waals surface area (Å²) in [6.45, 7) is 4.67. The van der Waals surface area contributed by atoms with Gasteiger partial charge in [0.15, 0.2) is 0 Å². The third kappa shape index (κ3) is 3.07. The number of aromatic nitrogens is 1. The van der Waals surface area contributed by atoms with Gasteiger partial charge in [-0.25, -0.2) is 4.98 Å². The van der Waals surface area contributed by atoms with E-state index in [1.807, 2.05) is 6.07 Å². The Morgan fingerprint density at radius 2 is 2.08 bits per heavy atom. The fraction of sp³-hybridized carbons (Fsp3) is 0.579. The zero-order valence-electron chi connectivity index (χ0n) is 14.3. The maximum absolute atomic E-state index is 12.8. The fourth-order valence-corrected chi connectivity index (χ4v) is 5.20. The van der Waals surface area contributed by atoms with Crippen molar-refractivity contribution in [1.29, 1.82) is 0 Å². The van der Waals surface area contributed by atoms with E-state index in [0.717, 1.165) is 44.3 Å². The number of hydrogen-bond acceptors (Lipinski definition) is 4. The third-order valence-electron chi connectivity index (χ3n) is 5.42. The molecular weight excluding hydrogens is 318 g/mol. The molecule has 0 N–H and O–H groups in total. The van der Waals surface area contributed by atoms with Crippen molar-refractivity contribution in [2.45, 2.75) is 51.1 Å². The third-order valence-corrected chi connectivity index (χ3v) is 6.56. The van der Waals surface area contributed by atoms with Crippen molar-refractivity contribution in [3.63, 3.8) is 0 Å². The quantitative estimate of drug-likeness (QED) is 0.850. The van der Waals surface area contributed by atoms with Gasteiger partial charge < -0.3 is 4.90 Å². The van der Waals surface area contributed by atoms with E-state index in [2.05, 4.69) is 34.9 Å². The maximum Gasteiger partial charge on any atom is 0.237 e. The second-order valence-corrected chi connectivity index (χ2v) is 8.14. The van der Waals surface area contributed by atoms with E-state index in [-0.39, 0.29) is 0 Å². The Labute approximate surface area is 147 Å². The first kappa shape index (κ1) is 16.0. The van der Waals surface area contributed by atoms with Crippen molar-refractivity contribution in [3.05, 3.63) is 29.3 Å². The lowest BCUT2D eigenvalue weighted by Crippen LogP contribution is -2.46. The average molecular weight is 343 g/mol. The van der Waals surface area contributed by atoms with E-state index in [9.17, 15) is 4.79 Å². The predicted octanol–water partition coefficient (Wildman–Crippen LogP) is 3.83. The van der Waals surface area contributed by atoms with Crippen LogP contribution in [0.25, 0.3) is 10.2 Å². The molecule has 4 nitrogen and oxygen atoms in total. The first-order valence-electron chi connectivity index (χ1n) is 9.11. The monoisotopic (exact) mass is 343 g/mol. The number of likely N-dealkylation sites (tertiary alicyclic amines) is 2. The normalized spacial score (nSPS) is 25.5. The lowest BCUT2D eigenvalue weighted by atomic mass is 10.0. The number of amides is 1. The molecule has 0 spiro atoms. The first-order chi connectivity index (χ1) is 11.7. The summed E-state index contributed by atoms with van der Waals surface area (Å²) in [6, 6.07) is 9.03. The SMILES string of the molecule is CC1CCCCN1C(=O)CN1CCCC1c1nc2ccccc2s1. The number of hydrogen-bond donors (Lipinski definition) is 0. The van der Waals surface area contributed by atoms with Gasteiger partial charge in [0, 0.05) is 12.6 Å². The molecule has 5 heteroatoms. The summed E-state index contributed by atoms with van der Waals surface area (Å²) < 4.78 is 1.25. The molecule has 1 aromatic carbocycles. The van der Waals surface area contributed by atoms with Crippen LogP contribution in [0, 0.1) is 0 Å². The molecule has 2 saturated heterocycles. The Morgan fingerprint density at radius 3 is 2.92 bits per heavy atom. The Balaban J connectivity index is 1.49. The van der Waals surface area contributed by atoms with Gasteiger partial charge in [-0.3, -0.25) is 9.69 Å². The molecule has 1 amide bonds. The Hall–Kier alpha value is -1.46. The summed E-state index contributed by atoms with van der Waals surface area (Å²) >= 11 is 1.78. The van der Waals surface area contributed by atoms with Gasteiger partial charge in [-0.05, 0) is 57.7 Å². The zero-order chi connectivity index (χ0) is 16.5. The summed E-state index contributed by atoms with van der Waals surface area (Å²) in [4.78, 5) is 22.1. The molecule has 24 heavy (non-hydrogen) atoms. The minimum absolute atomic E-state index is 0.301. The second-order valence-electron chi connectivity index (χ2n) is 7.08. The molecule has 0 radical (unpaired) electrons. The first-order valence-corrected chi connectivity index (χ1v) is 9.93. The number of para-hydroxylation sites is 1. The molecule has 2 aliphatic rings. The molecule has 2 aliphatic heterocycles. The van der Waals surface area contributed by atoms with Gasteiger partial charge in [-0.2, -0.15) is 0 Å². The van der Waals surface area contributed by atoms with E-state index in [1.54, 1.807) is 11.3 Å². The Bertz CT molecular complexity index is 695. The van der Waals surface area contributed by atoms with E-state index >= 15 is 0 Å². The van der Waals surface area contributed by atoms with Crippen LogP contribution in [-0.2, 0) is 4.79 Å². The Morgan fingerprint density at radius 1 is 1.21 bits per heavy atom. The largest absolute Gasteiger partial charge is 0.339 e. The molecule has 128 valence electrons. The highest BCUT2D eigenvalue weighted by Crippen LogP contribution is 2.36. The van der Waals surface area contributed by atoms with Crippen LogP contribution < -0.4 is 0 Å². The zero-order valence-corrected chi connectivity index (χ0v) is 15.1. The summed E-state index contributed by atoms with van der Waals surface area (Å²) in [6.07, 6.45) is 5.82. The summed E-state index contributed by atoms with van der Waals surface area (Å²) in [7, 11) is 0. The number of nitrogens with zero attached hydrogens (tertiary/aromatic N) is 3. The van der Waals surface area contributed by atoms with Crippen LogP contribution >= 0.6 is 11.3 Å². The lowest BCUT2D eigenvalue weighted by Gasteiger charge is -2.35. The molecule has 3 heterocycles. The van der Waals surface area contributed by atoms with Gasteiger partial charge in [0.2, 0.25) is 5.91 Å². The van der Waals surface area contributed by atoms with Crippen molar-refractivity contribution in [1.82, 2.24) is 14.8 Å². The van der Waals surface area contributed by atoms with E-state index in [0.29, 0.717) is 24.5 Å². The van der Waals surface area contributed by atoms with Crippen LogP contribution in [-0.4, -0.2) is 46.4 Å². The number of thiazole rings is 1. The van der Waals surface area contributed by atoms with Gasteiger partial charge in [0.25, 0.3) is 0 Å². The van der Waals surface area contributed by atoms with Crippen LogP contribution in [0.1, 0.15) is 50.1 Å². The Kier molecular flexibility index (Phi) is 4.55. The van der Waals surface area contributed by atoms with Gasteiger partial charge >= 0.3 is 0 Å². The number of piperidine rings is 1. The molecule has 2 fully saturated rings. The summed E-state index contributed by atoms with van der Waals surface area (Å²) in [5, 5.41) is 1.17. The molecule has 2 atom stereocenters. The van der Waals surface area contributed by atoms with Crippen molar-refractivity contribution < 1.29 is 4.79 Å². The highest BCUT2D eigenvalue weighted by molar-refractivity contribution is 7.18. The maximum atomic E-state index is 12.8. The van der Waals surface area contributed by atoms with Crippen LogP contribution in [0.2, 0.25) is 0 Å². The predicted molar refractivity (Wildman–Crippen MR) is 98.2 cm³/mol. The second kappa shape index (κ2) is 6.81. The number of carbonyl (C=O) groups excluding carboxylic acids is 1. The highest BCUT2D eigenvalue weighted by Gasteiger charge is 2.32. The summed E-state index contributed by atoms with van der Waals surface area (Å²) in [5.41, 5.74) is 1.08. The standard InChI is InChI=1S/C19H25N3OS/c1-14-7-4-5-12-22(14)18(23)13-21-11-6-9-16(21)19-20-15-8-2-3-10-17(15)24-19/h2-3,8,10,14,16H,4-7,9,11-13H2,1H3. The number of benzene rings is 1. The van der Waals surface area contributed by atoms with Crippen molar-refractivity contribution in [2.24, 2.45) is 0 Å². The van der Waals surface area contributed by atoms with Crippen molar-refractivity contribution >= 4 is 27.5 Å². The van der Waals surface area contributed by atoms with Gasteiger partial charge in [-0.1, -0.05) is 12.1 Å². The minimum atomic E-state index is 0.301. The molecule has 0 saturated carbocycles. The molecule has 2 unspecified atom stereocenters. The fourth-order valence-electron chi connectivity index (χ4n) is 4.06. The molecule has 0 bridgehead atoms. The van der Waals surface area contributed by atoms with Crippen LogP contribution in [0.4, 0.5) is 0 Å². The minimum Gasteiger partial charge on any atom is -0.339 e. The molecular formula is C19H25N3OS. The number of rotatable bonds is 3. The van der Waals surface area contributed by atoms with Gasteiger partial charge in [0.05, 0.1) is 22.8 Å². The van der Waals surface area contributed by atoms with Crippen LogP contribution in [0.15, 0.2) is 24.3 Å². The molecule has 4 rings (SSSR count).